The Hall–Kier alpha value is 0.110. The van der Waals surface area contributed by atoms with Crippen molar-refractivity contribution in [1.82, 2.24) is 0 Å². The van der Waals surface area contributed by atoms with Crippen LogP contribution in [0.25, 0.3) is 0 Å². The molecule has 0 spiro atoms. The Morgan fingerprint density at radius 1 is 1.55 bits per heavy atom. The molecule has 66 valence electrons. The van der Waals surface area contributed by atoms with E-state index in [4.69, 9.17) is 5.73 Å². The van der Waals surface area contributed by atoms with Crippen LogP contribution in [0.3, 0.4) is 0 Å². The fourth-order valence-electron chi connectivity index (χ4n) is 1.66. The highest BCUT2D eigenvalue weighted by Gasteiger charge is 2.22. The Labute approximate surface area is 71.0 Å². The molecular weight excluding hydrogens is 158 g/mol. The maximum atomic E-state index is 11.4. The minimum Gasteiger partial charge on any atom is -0.328 e. The molecule has 1 rings (SSSR count). The number of hydrogen-bond donors (Lipinski definition) is 1. The summed E-state index contributed by atoms with van der Waals surface area (Å²) in [5, 5.41) is 0.392. The van der Waals surface area contributed by atoms with Gasteiger partial charge in [-0.2, -0.15) is 0 Å². The fraction of sp³-hybridized carbons (Fsp3) is 1.00. The first-order valence-corrected chi connectivity index (χ1v) is 5.75. The van der Waals surface area contributed by atoms with E-state index in [9.17, 15) is 4.21 Å². The van der Waals surface area contributed by atoms with Gasteiger partial charge in [0.2, 0.25) is 0 Å². The molecule has 0 bridgehead atoms. The van der Waals surface area contributed by atoms with E-state index in [2.05, 4.69) is 0 Å². The lowest BCUT2D eigenvalue weighted by atomic mass is 9.96. The van der Waals surface area contributed by atoms with E-state index in [-0.39, 0.29) is 0 Å². The summed E-state index contributed by atoms with van der Waals surface area (Å²) in [4.78, 5) is 0. The van der Waals surface area contributed by atoms with E-state index in [1.165, 1.54) is 0 Å². The Balaban J connectivity index is 2.39. The first-order valence-electron chi connectivity index (χ1n) is 4.36. The van der Waals surface area contributed by atoms with Crippen LogP contribution in [0, 0.1) is 0 Å². The Bertz CT molecular complexity index is 149. The average Bonchev–Trinajstić information content (AvgIpc) is 2.03. The number of hydrogen-bond acceptors (Lipinski definition) is 2. The molecule has 2 N–H and O–H groups in total. The van der Waals surface area contributed by atoms with Crippen molar-refractivity contribution in [2.24, 2.45) is 5.73 Å². The molecule has 1 saturated carbocycles. The van der Waals surface area contributed by atoms with Gasteiger partial charge >= 0.3 is 0 Å². The van der Waals surface area contributed by atoms with Crippen molar-refractivity contribution >= 4 is 10.8 Å². The lowest BCUT2D eigenvalue weighted by Gasteiger charge is -2.25. The molecular formula is C8H17NOS. The summed E-state index contributed by atoms with van der Waals surface area (Å²) in [5.41, 5.74) is 5.78. The zero-order valence-electron chi connectivity index (χ0n) is 7.08. The van der Waals surface area contributed by atoms with Crippen molar-refractivity contribution in [1.29, 1.82) is 0 Å². The van der Waals surface area contributed by atoms with Crippen molar-refractivity contribution in [3.8, 4) is 0 Å². The molecule has 1 aliphatic carbocycles. The van der Waals surface area contributed by atoms with Crippen molar-refractivity contribution in [2.75, 3.05) is 5.75 Å². The summed E-state index contributed by atoms with van der Waals surface area (Å²) in [6.07, 6.45) is 4.38. The highest BCUT2D eigenvalue weighted by atomic mass is 32.2. The summed E-state index contributed by atoms with van der Waals surface area (Å²) in [6.45, 7) is 1.98. The molecule has 2 nitrogen and oxygen atoms in total. The molecule has 0 aromatic rings. The van der Waals surface area contributed by atoms with Crippen LogP contribution in [-0.2, 0) is 10.8 Å². The van der Waals surface area contributed by atoms with E-state index in [1.54, 1.807) is 0 Å². The molecule has 3 heteroatoms. The third-order valence-corrected chi connectivity index (χ3v) is 4.06. The van der Waals surface area contributed by atoms with Gasteiger partial charge in [0.05, 0.1) is 0 Å². The minimum atomic E-state index is -0.614. The Morgan fingerprint density at radius 2 is 2.27 bits per heavy atom. The van der Waals surface area contributed by atoms with Crippen LogP contribution in [0.2, 0.25) is 0 Å². The van der Waals surface area contributed by atoms with Crippen LogP contribution < -0.4 is 5.73 Å². The molecule has 0 unspecified atom stereocenters. The van der Waals surface area contributed by atoms with Crippen molar-refractivity contribution < 1.29 is 4.21 Å². The van der Waals surface area contributed by atoms with Crippen LogP contribution in [0.5, 0.6) is 0 Å². The molecule has 1 fully saturated rings. The third kappa shape index (κ3) is 2.56. The predicted molar refractivity (Wildman–Crippen MR) is 48.9 cm³/mol. The summed E-state index contributed by atoms with van der Waals surface area (Å²) in [5.74, 6) is 0.789. The highest BCUT2D eigenvalue weighted by Crippen LogP contribution is 2.21. The molecule has 0 aromatic heterocycles. The summed E-state index contributed by atoms with van der Waals surface area (Å²) in [6, 6.07) is 0.309. The summed E-state index contributed by atoms with van der Waals surface area (Å²) < 4.78 is 11.4. The lowest BCUT2D eigenvalue weighted by Crippen LogP contribution is -2.33. The van der Waals surface area contributed by atoms with Gasteiger partial charge in [0.1, 0.15) is 0 Å². The van der Waals surface area contributed by atoms with Gasteiger partial charge in [-0.3, -0.25) is 4.21 Å². The van der Waals surface area contributed by atoms with E-state index in [0.717, 1.165) is 31.4 Å². The maximum Gasteiger partial charge on any atom is 0.0362 e. The van der Waals surface area contributed by atoms with Crippen LogP contribution in [0.1, 0.15) is 32.6 Å². The van der Waals surface area contributed by atoms with Gasteiger partial charge in [0.25, 0.3) is 0 Å². The lowest BCUT2D eigenvalue weighted by molar-refractivity contribution is 0.444. The van der Waals surface area contributed by atoms with Crippen molar-refractivity contribution in [3.05, 3.63) is 0 Å². The second-order valence-corrected chi connectivity index (χ2v) is 5.22. The third-order valence-electron chi connectivity index (χ3n) is 2.32. The largest absolute Gasteiger partial charge is 0.328 e. The molecule has 0 saturated heterocycles. The topological polar surface area (TPSA) is 43.1 Å². The molecule has 0 radical (unpaired) electrons. The summed E-state index contributed by atoms with van der Waals surface area (Å²) in [7, 11) is -0.614. The fourth-order valence-corrected chi connectivity index (χ4v) is 3.02. The SMILES string of the molecule is CC[S@@](=O)[C@@H]1CCC[C@@H](N)C1. The standard InChI is InChI=1S/C8H17NOS/c1-2-11(10)8-5-3-4-7(9)6-8/h7-8H,2-6,9H2,1H3/t7-,8-,11-/m1/s1. The quantitative estimate of drug-likeness (QED) is 0.681. The smallest absolute Gasteiger partial charge is 0.0362 e. The van der Waals surface area contributed by atoms with E-state index < -0.39 is 10.8 Å². The maximum absolute atomic E-state index is 11.4. The first kappa shape index (κ1) is 9.20. The normalized spacial score (nSPS) is 35.1. The molecule has 0 amide bonds. The molecule has 11 heavy (non-hydrogen) atoms. The second-order valence-electron chi connectivity index (χ2n) is 3.22. The minimum absolute atomic E-state index is 0.309. The van der Waals surface area contributed by atoms with Crippen LogP contribution in [0.15, 0.2) is 0 Å². The van der Waals surface area contributed by atoms with Crippen molar-refractivity contribution in [3.63, 3.8) is 0 Å². The zero-order valence-corrected chi connectivity index (χ0v) is 7.90. The Kier molecular flexibility index (Phi) is 3.52. The van der Waals surface area contributed by atoms with Gasteiger partial charge in [-0.25, -0.2) is 0 Å². The average molecular weight is 175 g/mol. The van der Waals surface area contributed by atoms with Crippen LogP contribution >= 0.6 is 0 Å². The highest BCUT2D eigenvalue weighted by molar-refractivity contribution is 7.85. The van der Waals surface area contributed by atoms with Gasteiger partial charge in [-0.15, -0.1) is 0 Å². The predicted octanol–water partition coefficient (Wildman–Crippen LogP) is 1.02. The van der Waals surface area contributed by atoms with E-state index >= 15 is 0 Å². The van der Waals surface area contributed by atoms with E-state index in [0.29, 0.717) is 11.3 Å². The van der Waals surface area contributed by atoms with Gasteiger partial charge in [-0.1, -0.05) is 13.3 Å². The molecule has 3 atom stereocenters. The molecule has 1 aliphatic rings. The van der Waals surface area contributed by atoms with E-state index in [1.807, 2.05) is 6.92 Å². The van der Waals surface area contributed by atoms with Gasteiger partial charge < -0.3 is 5.73 Å². The monoisotopic (exact) mass is 175 g/mol. The van der Waals surface area contributed by atoms with Gasteiger partial charge in [0, 0.05) is 27.8 Å². The number of nitrogens with two attached hydrogens (primary N) is 1. The molecule has 0 aromatic carbocycles. The molecule has 0 aliphatic heterocycles. The van der Waals surface area contributed by atoms with Gasteiger partial charge in [-0.05, 0) is 19.3 Å². The second kappa shape index (κ2) is 4.21. The first-order chi connectivity index (χ1) is 5.24. The Morgan fingerprint density at radius 3 is 2.82 bits per heavy atom. The van der Waals surface area contributed by atoms with Crippen molar-refractivity contribution in [2.45, 2.75) is 43.9 Å². The summed E-state index contributed by atoms with van der Waals surface area (Å²) >= 11 is 0. The van der Waals surface area contributed by atoms with Gasteiger partial charge in [0.15, 0.2) is 0 Å². The van der Waals surface area contributed by atoms with Crippen LogP contribution in [0.4, 0.5) is 0 Å². The molecule has 0 heterocycles. The van der Waals surface area contributed by atoms with Crippen LogP contribution in [-0.4, -0.2) is 21.3 Å². The zero-order chi connectivity index (χ0) is 8.27. The number of rotatable bonds is 2.